The molecule has 0 aliphatic heterocycles. The minimum atomic E-state index is -1.21. The van der Waals surface area contributed by atoms with Gasteiger partial charge in [-0.1, -0.05) is 6.92 Å². The third-order valence-electron chi connectivity index (χ3n) is 2.58. The van der Waals surface area contributed by atoms with Crippen molar-refractivity contribution in [3.05, 3.63) is 0 Å². The van der Waals surface area contributed by atoms with Crippen molar-refractivity contribution in [3.63, 3.8) is 0 Å². The second-order valence-electron chi connectivity index (χ2n) is 4.39. The quantitative estimate of drug-likeness (QED) is 0.402. The first-order valence-corrected chi connectivity index (χ1v) is 6.67. The summed E-state index contributed by atoms with van der Waals surface area (Å²) in [6.45, 7) is 3.76. The Balaban J connectivity index is 4.26. The van der Waals surface area contributed by atoms with Crippen molar-refractivity contribution >= 4 is 17.8 Å². The highest BCUT2D eigenvalue weighted by Gasteiger charge is 2.26. The first-order chi connectivity index (χ1) is 9.92. The molecule has 2 N–H and O–H groups in total. The van der Waals surface area contributed by atoms with Crippen LogP contribution in [0.5, 0.6) is 0 Å². The van der Waals surface area contributed by atoms with E-state index in [1.54, 1.807) is 13.8 Å². The molecule has 0 saturated heterocycles. The van der Waals surface area contributed by atoms with Gasteiger partial charge in [0.2, 0.25) is 5.91 Å². The molecule has 1 amide bonds. The van der Waals surface area contributed by atoms with Crippen LogP contribution in [0.25, 0.3) is 0 Å². The molecule has 0 heterocycles. The average molecular weight is 305 g/mol. The zero-order chi connectivity index (χ0) is 16.3. The summed E-state index contributed by atoms with van der Waals surface area (Å²) < 4.78 is 14.5. The van der Waals surface area contributed by atoms with E-state index in [9.17, 15) is 14.4 Å². The number of aliphatic carboxylic acids is 1. The Morgan fingerprint density at radius 3 is 2.43 bits per heavy atom. The molecule has 0 radical (unpaired) electrons. The predicted octanol–water partition coefficient (Wildman–Crippen LogP) is -0.192. The van der Waals surface area contributed by atoms with Crippen LogP contribution < -0.4 is 5.32 Å². The summed E-state index contributed by atoms with van der Waals surface area (Å²) in [5.74, 6) is -2.89. The normalized spacial score (nSPS) is 13.3. The summed E-state index contributed by atoms with van der Waals surface area (Å²) in [6.07, 6.45) is -0.0437. The summed E-state index contributed by atoms with van der Waals surface area (Å²) in [5.41, 5.74) is 0. The van der Waals surface area contributed by atoms with Gasteiger partial charge in [-0.25, -0.2) is 4.79 Å². The molecule has 0 rings (SSSR count). The average Bonchev–Trinajstić information content (AvgIpc) is 2.42. The number of methoxy groups -OCH3 is 1. The van der Waals surface area contributed by atoms with Gasteiger partial charge in [0.15, 0.2) is 0 Å². The number of carboxylic acid groups (broad SMARTS) is 1. The van der Waals surface area contributed by atoms with Gasteiger partial charge >= 0.3 is 11.9 Å². The fourth-order valence-electron chi connectivity index (χ4n) is 1.50. The lowest BCUT2D eigenvalue weighted by Gasteiger charge is -2.18. The number of rotatable bonds is 11. The Kier molecular flexibility index (Phi) is 10.2. The third kappa shape index (κ3) is 8.98. The van der Waals surface area contributed by atoms with Crippen molar-refractivity contribution in [2.24, 2.45) is 5.92 Å². The topological polar surface area (TPSA) is 111 Å². The van der Waals surface area contributed by atoms with Crippen molar-refractivity contribution in [2.45, 2.75) is 26.3 Å². The Bertz CT molecular complexity index is 345. The minimum absolute atomic E-state index is 0.0437. The lowest BCUT2D eigenvalue weighted by Crippen LogP contribution is -2.44. The highest BCUT2D eigenvalue weighted by Crippen LogP contribution is 2.09. The van der Waals surface area contributed by atoms with Crippen molar-refractivity contribution < 1.29 is 33.7 Å². The summed E-state index contributed by atoms with van der Waals surface area (Å²) in [4.78, 5) is 34.1. The molecule has 2 atom stereocenters. The van der Waals surface area contributed by atoms with E-state index in [2.05, 4.69) is 5.32 Å². The lowest BCUT2D eigenvalue weighted by atomic mass is 10.0. The van der Waals surface area contributed by atoms with Gasteiger partial charge in [0.05, 0.1) is 25.7 Å². The maximum absolute atomic E-state index is 11.5. The van der Waals surface area contributed by atoms with Gasteiger partial charge in [-0.2, -0.15) is 0 Å². The number of hydrogen-bond donors (Lipinski definition) is 2. The van der Waals surface area contributed by atoms with E-state index < -0.39 is 29.8 Å². The van der Waals surface area contributed by atoms with Crippen molar-refractivity contribution in [1.82, 2.24) is 5.32 Å². The standard InChI is InChI=1S/C13H23NO7/c1-4-21-13(18)9(2)7-10(12(16)17)14-11(15)8-20-6-5-19-3/h9-10H,4-8H2,1-3H3,(H,14,15)(H,16,17)/t9-,10+/m1/s1. The molecule has 122 valence electrons. The molecular weight excluding hydrogens is 282 g/mol. The van der Waals surface area contributed by atoms with Crippen molar-refractivity contribution in [2.75, 3.05) is 33.5 Å². The maximum atomic E-state index is 11.5. The highest BCUT2D eigenvalue weighted by atomic mass is 16.5. The second-order valence-corrected chi connectivity index (χ2v) is 4.39. The summed E-state index contributed by atoms with van der Waals surface area (Å²) >= 11 is 0. The Hall–Kier alpha value is -1.67. The van der Waals surface area contributed by atoms with E-state index in [1.165, 1.54) is 7.11 Å². The maximum Gasteiger partial charge on any atom is 0.326 e. The molecular formula is C13H23NO7. The molecule has 0 spiro atoms. The fourth-order valence-corrected chi connectivity index (χ4v) is 1.50. The van der Waals surface area contributed by atoms with E-state index in [4.69, 9.17) is 19.3 Å². The SMILES string of the molecule is CCOC(=O)[C@H](C)C[C@H](NC(=O)COCCOC)C(=O)O. The number of carboxylic acids is 1. The first kappa shape index (κ1) is 19.3. The fraction of sp³-hybridized carbons (Fsp3) is 0.769. The molecule has 0 unspecified atom stereocenters. The Morgan fingerprint density at radius 2 is 1.90 bits per heavy atom. The molecule has 0 aromatic carbocycles. The Morgan fingerprint density at radius 1 is 1.24 bits per heavy atom. The largest absolute Gasteiger partial charge is 0.480 e. The zero-order valence-electron chi connectivity index (χ0n) is 12.6. The van der Waals surface area contributed by atoms with Gasteiger partial charge in [-0.15, -0.1) is 0 Å². The number of carbonyl (C=O) groups is 3. The van der Waals surface area contributed by atoms with Crippen LogP contribution in [0.1, 0.15) is 20.3 Å². The van der Waals surface area contributed by atoms with Gasteiger partial charge in [-0.05, 0) is 13.3 Å². The van der Waals surface area contributed by atoms with Crippen LogP contribution in [0.2, 0.25) is 0 Å². The molecule has 0 fully saturated rings. The number of hydrogen-bond acceptors (Lipinski definition) is 6. The van der Waals surface area contributed by atoms with E-state index >= 15 is 0 Å². The van der Waals surface area contributed by atoms with Gasteiger partial charge < -0.3 is 24.6 Å². The van der Waals surface area contributed by atoms with Crippen LogP contribution in [0, 0.1) is 5.92 Å². The molecule has 8 nitrogen and oxygen atoms in total. The van der Waals surface area contributed by atoms with Crippen LogP contribution in [0.15, 0.2) is 0 Å². The molecule has 0 saturated carbocycles. The molecule has 0 aromatic heterocycles. The lowest BCUT2D eigenvalue weighted by molar-refractivity contribution is -0.149. The van der Waals surface area contributed by atoms with Crippen LogP contribution in [-0.2, 0) is 28.6 Å². The smallest absolute Gasteiger partial charge is 0.326 e. The van der Waals surface area contributed by atoms with Gasteiger partial charge in [-0.3, -0.25) is 9.59 Å². The van der Waals surface area contributed by atoms with Crippen LogP contribution in [0.3, 0.4) is 0 Å². The molecule has 0 bridgehead atoms. The van der Waals surface area contributed by atoms with Crippen LogP contribution >= 0.6 is 0 Å². The summed E-state index contributed by atoms with van der Waals surface area (Å²) in [7, 11) is 1.50. The van der Waals surface area contributed by atoms with E-state index in [0.717, 1.165) is 0 Å². The summed E-state index contributed by atoms with van der Waals surface area (Å²) in [5, 5.41) is 11.4. The van der Waals surface area contributed by atoms with Crippen molar-refractivity contribution in [1.29, 1.82) is 0 Å². The second kappa shape index (κ2) is 11.0. The highest BCUT2D eigenvalue weighted by molar-refractivity contribution is 5.84. The monoisotopic (exact) mass is 305 g/mol. The van der Waals surface area contributed by atoms with E-state index in [0.29, 0.717) is 6.61 Å². The van der Waals surface area contributed by atoms with Gasteiger partial charge in [0.1, 0.15) is 12.6 Å². The number of esters is 1. The molecule has 0 aliphatic rings. The predicted molar refractivity (Wildman–Crippen MR) is 72.7 cm³/mol. The first-order valence-electron chi connectivity index (χ1n) is 6.67. The van der Waals surface area contributed by atoms with E-state index in [-0.39, 0.29) is 26.2 Å². The summed E-state index contributed by atoms with van der Waals surface area (Å²) in [6, 6.07) is -1.16. The van der Waals surface area contributed by atoms with Crippen LogP contribution in [-0.4, -0.2) is 62.5 Å². The zero-order valence-corrected chi connectivity index (χ0v) is 12.6. The van der Waals surface area contributed by atoms with Gasteiger partial charge in [0.25, 0.3) is 0 Å². The number of carbonyl (C=O) groups excluding carboxylic acids is 2. The molecule has 21 heavy (non-hydrogen) atoms. The number of nitrogens with one attached hydrogen (secondary N) is 1. The third-order valence-corrected chi connectivity index (χ3v) is 2.58. The number of amides is 1. The van der Waals surface area contributed by atoms with E-state index in [1.807, 2.05) is 0 Å². The van der Waals surface area contributed by atoms with Gasteiger partial charge in [0, 0.05) is 7.11 Å². The minimum Gasteiger partial charge on any atom is -0.480 e. The molecule has 0 aliphatic carbocycles. The molecule has 0 aromatic rings. The number of ether oxygens (including phenoxy) is 3. The Labute approximate surface area is 123 Å². The van der Waals surface area contributed by atoms with Crippen molar-refractivity contribution in [3.8, 4) is 0 Å². The molecule has 8 heteroatoms. The van der Waals surface area contributed by atoms with Crippen LogP contribution in [0.4, 0.5) is 0 Å².